The zero-order chi connectivity index (χ0) is 12.0. The number of nitriles is 1. The highest BCUT2D eigenvalue weighted by Crippen LogP contribution is 2.18. The van der Waals surface area contributed by atoms with Crippen molar-refractivity contribution in [3.8, 4) is 6.07 Å². The van der Waals surface area contributed by atoms with Gasteiger partial charge in [0.1, 0.15) is 11.9 Å². The fourth-order valence-electron chi connectivity index (χ4n) is 1.44. The molecule has 0 N–H and O–H groups in total. The van der Waals surface area contributed by atoms with Crippen molar-refractivity contribution < 1.29 is 9.13 Å². The molecule has 0 saturated carbocycles. The van der Waals surface area contributed by atoms with Crippen LogP contribution in [0.1, 0.15) is 11.6 Å². The lowest BCUT2D eigenvalue weighted by atomic mass is 10.1. The van der Waals surface area contributed by atoms with E-state index in [0.717, 1.165) is 5.56 Å². The summed E-state index contributed by atoms with van der Waals surface area (Å²) in [6.45, 7) is 1.22. The van der Waals surface area contributed by atoms with Crippen molar-refractivity contribution in [1.82, 2.24) is 4.90 Å². The third kappa shape index (κ3) is 3.30. The number of methoxy groups -OCH3 is 1. The summed E-state index contributed by atoms with van der Waals surface area (Å²) >= 11 is 0. The second kappa shape index (κ2) is 6.21. The van der Waals surface area contributed by atoms with Gasteiger partial charge in [-0.1, -0.05) is 12.1 Å². The van der Waals surface area contributed by atoms with Crippen molar-refractivity contribution in [2.45, 2.75) is 6.04 Å². The number of hydrogen-bond acceptors (Lipinski definition) is 3. The Labute approximate surface area is 95.1 Å². The Hall–Kier alpha value is -1.44. The zero-order valence-electron chi connectivity index (χ0n) is 9.48. The largest absolute Gasteiger partial charge is 0.383 e. The van der Waals surface area contributed by atoms with Gasteiger partial charge >= 0.3 is 0 Å². The molecule has 0 aliphatic heterocycles. The Morgan fingerprint density at radius 3 is 2.56 bits per heavy atom. The lowest BCUT2D eigenvalue weighted by Gasteiger charge is -2.22. The van der Waals surface area contributed by atoms with Crippen molar-refractivity contribution in [3.63, 3.8) is 0 Å². The summed E-state index contributed by atoms with van der Waals surface area (Å²) in [7, 11) is 3.46. The van der Waals surface area contributed by atoms with Crippen LogP contribution in [0.5, 0.6) is 0 Å². The molecule has 1 unspecified atom stereocenters. The Kier molecular flexibility index (Phi) is 4.90. The molecule has 0 fully saturated rings. The highest BCUT2D eigenvalue weighted by Gasteiger charge is 2.15. The van der Waals surface area contributed by atoms with Crippen molar-refractivity contribution in [3.05, 3.63) is 35.6 Å². The first-order valence-corrected chi connectivity index (χ1v) is 5.03. The molecule has 0 aliphatic carbocycles. The van der Waals surface area contributed by atoms with E-state index in [4.69, 9.17) is 10.00 Å². The molecule has 1 aromatic rings. The lowest BCUT2D eigenvalue weighted by molar-refractivity contribution is 0.151. The smallest absolute Gasteiger partial charge is 0.123 e. The monoisotopic (exact) mass is 222 g/mol. The number of ether oxygens (including phenoxy) is 1. The van der Waals surface area contributed by atoms with E-state index >= 15 is 0 Å². The Bertz CT molecular complexity index is 358. The molecular weight excluding hydrogens is 207 g/mol. The third-order valence-corrected chi connectivity index (χ3v) is 2.40. The van der Waals surface area contributed by atoms with Crippen molar-refractivity contribution in [2.24, 2.45) is 0 Å². The number of rotatable bonds is 5. The van der Waals surface area contributed by atoms with Gasteiger partial charge in [-0.3, -0.25) is 4.90 Å². The highest BCUT2D eigenvalue weighted by molar-refractivity contribution is 5.24. The molecule has 3 nitrogen and oxygen atoms in total. The summed E-state index contributed by atoms with van der Waals surface area (Å²) < 4.78 is 17.7. The highest BCUT2D eigenvalue weighted by atomic mass is 19.1. The van der Waals surface area contributed by atoms with E-state index in [9.17, 15) is 4.39 Å². The van der Waals surface area contributed by atoms with Gasteiger partial charge < -0.3 is 4.74 Å². The van der Waals surface area contributed by atoms with Crippen LogP contribution in [0.25, 0.3) is 0 Å². The van der Waals surface area contributed by atoms with E-state index < -0.39 is 0 Å². The van der Waals surface area contributed by atoms with E-state index in [0.29, 0.717) is 13.2 Å². The van der Waals surface area contributed by atoms with Crippen LogP contribution in [0.2, 0.25) is 0 Å². The minimum Gasteiger partial charge on any atom is -0.383 e. The van der Waals surface area contributed by atoms with Crippen LogP contribution in [0.15, 0.2) is 24.3 Å². The Morgan fingerprint density at radius 1 is 1.44 bits per heavy atom. The minimum absolute atomic E-state index is 0.292. The number of hydrogen-bond donors (Lipinski definition) is 0. The standard InChI is InChI=1S/C12H15FN2O/c1-15(7-8-16-2)12(9-14)10-3-5-11(13)6-4-10/h3-6,12H,7-8H2,1-2H3. The van der Waals surface area contributed by atoms with E-state index in [1.807, 2.05) is 11.9 Å². The second-order valence-corrected chi connectivity index (χ2v) is 3.56. The Balaban J connectivity index is 2.74. The van der Waals surface area contributed by atoms with Gasteiger partial charge in [0.25, 0.3) is 0 Å². The molecule has 0 aromatic heterocycles. The normalized spacial score (nSPS) is 12.4. The van der Waals surface area contributed by atoms with Gasteiger partial charge in [-0.25, -0.2) is 4.39 Å². The van der Waals surface area contributed by atoms with Gasteiger partial charge in [0.2, 0.25) is 0 Å². The number of benzene rings is 1. The van der Waals surface area contributed by atoms with Gasteiger partial charge in [0.05, 0.1) is 12.7 Å². The first-order valence-electron chi connectivity index (χ1n) is 5.03. The molecule has 0 bridgehead atoms. The number of halogens is 1. The van der Waals surface area contributed by atoms with E-state index in [1.165, 1.54) is 12.1 Å². The van der Waals surface area contributed by atoms with Gasteiger partial charge in [0, 0.05) is 13.7 Å². The first kappa shape index (κ1) is 12.6. The van der Waals surface area contributed by atoms with Crippen LogP contribution < -0.4 is 0 Å². The van der Waals surface area contributed by atoms with Crippen molar-refractivity contribution >= 4 is 0 Å². The van der Waals surface area contributed by atoms with Crippen LogP contribution in [0, 0.1) is 17.1 Å². The fourth-order valence-corrected chi connectivity index (χ4v) is 1.44. The molecule has 0 aliphatic rings. The van der Waals surface area contributed by atoms with Crippen LogP contribution in [-0.2, 0) is 4.74 Å². The number of nitrogens with zero attached hydrogens (tertiary/aromatic N) is 2. The first-order chi connectivity index (χ1) is 7.69. The van der Waals surface area contributed by atoms with Gasteiger partial charge in [-0.15, -0.1) is 0 Å². The molecule has 0 saturated heterocycles. The van der Waals surface area contributed by atoms with Crippen LogP contribution in [0.4, 0.5) is 4.39 Å². The fraction of sp³-hybridized carbons (Fsp3) is 0.417. The van der Waals surface area contributed by atoms with E-state index in [2.05, 4.69) is 6.07 Å². The molecule has 0 spiro atoms. The molecule has 0 amide bonds. The SMILES string of the molecule is COCCN(C)C(C#N)c1ccc(F)cc1. The van der Waals surface area contributed by atoms with Crippen molar-refractivity contribution in [1.29, 1.82) is 5.26 Å². The third-order valence-electron chi connectivity index (χ3n) is 2.40. The molecular formula is C12H15FN2O. The van der Waals surface area contributed by atoms with Gasteiger partial charge in [-0.05, 0) is 24.7 Å². The molecule has 16 heavy (non-hydrogen) atoms. The minimum atomic E-state index is -0.365. The summed E-state index contributed by atoms with van der Waals surface area (Å²) in [6.07, 6.45) is 0. The molecule has 1 aromatic carbocycles. The maximum Gasteiger partial charge on any atom is 0.123 e. The summed E-state index contributed by atoms with van der Waals surface area (Å²) in [5.74, 6) is -0.292. The predicted molar refractivity (Wildman–Crippen MR) is 59.3 cm³/mol. The quantitative estimate of drug-likeness (QED) is 0.764. The number of likely N-dealkylation sites (N-methyl/N-ethyl adjacent to an activating group) is 1. The molecule has 1 rings (SSSR count). The predicted octanol–water partition coefficient (Wildman–Crippen LogP) is 1.97. The average Bonchev–Trinajstić information content (AvgIpc) is 2.30. The van der Waals surface area contributed by atoms with Crippen LogP contribution >= 0.6 is 0 Å². The van der Waals surface area contributed by atoms with E-state index in [-0.39, 0.29) is 11.9 Å². The van der Waals surface area contributed by atoms with Crippen LogP contribution in [-0.4, -0.2) is 32.2 Å². The summed E-state index contributed by atoms with van der Waals surface area (Å²) in [5.41, 5.74) is 0.794. The van der Waals surface area contributed by atoms with E-state index in [1.54, 1.807) is 19.2 Å². The molecule has 86 valence electrons. The Morgan fingerprint density at radius 2 is 2.06 bits per heavy atom. The molecule has 4 heteroatoms. The second-order valence-electron chi connectivity index (χ2n) is 3.56. The zero-order valence-corrected chi connectivity index (χ0v) is 9.48. The molecule has 1 atom stereocenters. The maximum absolute atomic E-state index is 12.7. The van der Waals surface area contributed by atoms with Gasteiger partial charge in [0.15, 0.2) is 0 Å². The lowest BCUT2D eigenvalue weighted by Crippen LogP contribution is -2.27. The average molecular weight is 222 g/mol. The van der Waals surface area contributed by atoms with Crippen LogP contribution in [0.3, 0.4) is 0 Å². The van der Waals surface area contributed by atoms with Gasteiger partial charge in [-0.2, -0.15) is 5.26 Å². The topological polar surface area (TPSA) is 36.3 Å². The maximum atomic E-state index is 12.7. The summed E-state index contributed by atoms with van der Waals surface area (Å²) in [6, 6.07) is 7.82. The van der Waals surface area contributed by atoms with Crippen molar-refractivity contribution in [2.75, 3.05) is 27.3 Å². The summed E-state index contributed by atoms with van der Waals surface area (Å²) in [4.78, 5) is 1.87. The summed E-state index contributed by atoms with van der Waals surface area (Å²) in [5, 5.41) is 9.09. The molecule has 0 radical (unpaired) electrons. The molecule has 0 heterocycles.